The Balaban J connectivity index is 1.64. The minimum atomic E-state index is -0.167. The minimum Gasteiger partial charge on any atom is -0.491 e. The summed E-state index contributed by atoms with van der Waals surface area (Å²) in [7, 11) is 0. The standard InChI is InChI=1S/C30H36O6/c31-16-19-34-27-9-3-23(4-10-27)24-2-1-15-30(22-24,25-5-11-28(12-6-25)35-20-17-32)26-7-13-29(14-8-26)36-21-18-33/h3-14,24,31-33H,1-2,15-22H2. The van der Waals surface area contributed by atoms with Crippen molar-refractivity contribution < 1.29 is 29.5 Å². The molecule has 1 atom stereocenters. The van der Waals surface area contributed by atoms with Crippen LogP contribution < -0.4 is 14.2 Å². The van der Waals surface area contributed by atoms with Gasteiger partial charge in [0.2, 0.25) is 0 Å². The van der Waals surface area contributed by atoms with E-state index < -0.39 is 0 Å². The lowest BCUT2D eigenvalue weighted by Crippen LogP contribution is -2.33. The van der Waals surface area contributed by atoms with Crippen molar-refractivity contribution in [2.75, 3.05) is 39.6 Å². The summed E-state index contributed by atoms with van der Waals surface area (Å²) in [6.07, 6.45) is 4.22. The highest BCUT2D eigenvalue weighted by Gasteiger charge is 2.40. The van der Waals surface area contributed by atoms with E-state index in [0.717, 1.165) is 42.9 Å². The molecule has 1 unspecified atom stereocenters. The van der Waals surface area contributed by atoms with Crippen molar-refractivity contribution in [2.45, 2.75) is 37.0 Å². The van der Waals surface area contributed by atoms with Crippen molar-refractivity contribution in [3.63, 3.8) is 0 Å². The molecule has 3 aromatic rings. The Labute approximate surface area is 213 Å². The molecule has 0 aliphatic heterocycles. The molecule has 0 heterocycles. The number of ether oxygens (including phenoxy) is 3. The van der Waals surface area contributed by atoms with E-state index in [0.29, 0.717) is 12.5 Å². The third-order valence-corrected chi connectivity index (χ3v) is 7.00. The van der Waals surface area contributed by atoms with Gasteiger partial charge in [0.05, 0.1) is 19.8 Å². The molecule has 0 radical (unpaired) electrons. The second-order valence-electron chi connectivity index (χ2n) is 9.21. The molecule has 0 bridgehead atoms. The molecular formula is C30H36O6. The van der Waals surface area contributed by atoms with Crippen molar-refractivity contribution in [1.82, 2.24) is 0 Å². The van der Waals surface area contributed by atoms with Crippen molar-refractivity contribution in [1.29, 1.82) is 0 Å². The van der Waals surface area contributed by atoms with Gasteiger partial charge in [0.25, 0.3) is 0 Å². The Kier molecular flexibility index (Phi) is 9.23. The quantitative estimate of drug-likeness (QED) is 0.346. The molecule has 6 heteroatoms. The zero-order chi connectivity index (χ0) is 25.2. The number of benzene rings is 3. The molecule has 1 aliphatic carbocycles. The van der Waals surface area contributed by atoms with Crippen LogP contribution >= 0.6 is 0 Å². The highest BCUT2D eigenvalue weighted by molar-refractivity contribution is 5.45. The number of hydrogen-bond donors (Lipinski definition) is 3. The molecule has 4 rings (SSSR count). The van der Waals surface area contributed by atoms with Crippen LogP contribution in [0.2, 0.25) is 0 Å². The summed E-state index contributed by atoms with van der Waals surface area (Å²) >= 11 is 0. The minimum absolute atomic E-state index is 0.000552. The van der Waals surface area contributed by atoms with Crippen LogP contribution in [0.15, 0.2) is 72.8 Å². The van der Waals surface area contributed by atoms with Gasteiger partial charge in [-0.25, -0.2) is 0 Å². The topological polar surface area (TPSA) is 88.4 Å². The maximum atomic E-state index is 9.08. The third-order valence-electron chi connectivity index (χ3n) is 7.00. The van der Waals surface area contributed by atoms with Crippen LogP contribution in [0.3, 0.4) is 0 Å². The molecule has 0 spiro atoms. The normalized spacial score (nSPS) is 16.9. The molecule has 1 saturated carbocycles. The fraction of sp³-hybridized carbons (Fsp3) is 0.400. The molecule has 3 N–H and O–H groups in total. The highest BCUT2D eigenvalue weighted by atomic mass is 16.5. The summed E-state index contributed by atoms with van der Waals surface area (Å²) in [5.74, 6) is 2.66. The second-order valence-corrected chi connectivity index (χ2v) is 9.21. The summed E-state index contributed by atoms with van der Waals surface area (Å²) in [5.41, 5.74) is 3.62. The number of rotatable bonds is 12. The first-order chi connectivity index (χ1) is 17.7. The van der Waals surface area contributed by atoms with Gasteiger partial charge in [-0.05, 0) is 78.3 Å². The molecule has 192 valence electrons. The first kappa shape index (κ1) is 26.0. The number of aliphatic hydroxyl groups excluding tert-OH is 3. The van der Waals surface area contributed by atoms with Crippen LogP contribution in [0.25, 0.3) is 0 Å². The highest BCUT2D eigenvalue weighted by Crippen LogP contribution is 2.50. The smallest absolute Gasteiger partial charge is 0.119 e. The van der Waals surface area contributed by atoms with Gasteiger partial charge in [-0.15, -0.1) is 0 Å². The zero-order valence-electron chi connectivity index (χ0n) is 20.6. The van der Waals surface area contributed by atoms with E-state index in [1.54, 1.807) is 0 Å². The Hall–Kier alpha value is -3.06. The lowest BCUT2D eigenvalue weighted by atomic mass is 9.61. The van der Waals surface area contributed by atoms with Crippen LogP contribution in [0, 0.1) is 0 Å². The van der Waals surface area contributed by atoms with Crippen LogP contribution in [0.1, 0.15) is 48.3 Å². The van der Waals surface area contributed by atoms with Crippen LogP contribution in [-0.2, 0) is 5.41 Å². The van der Waals surface area contributed by atoms with E-state index in [2.05, 4.69) is 36.4 Å². The molecule has 3 aromatic carbocycles. The molecule has 0 aromatic heterocycles. The third kappa shape index (κ3) is 6.19. The molecule has 36 heavy (non-hydrogen) atoms. The fourth-order valence-electron chi connectivity index (χ4n) is 5.32. The molecule has 1 aliphatic rings. The van der Waals surface area contributed by atoms with Crippen molar-refractivity contribution in [2.24, 2.45) is 0 Å². The average Bonchev–Trinajstić information content (AvgIpc) is 2.94. The van der Waals surface area contributed by atoms with E-state index >= 15 is 0 Å². The number of hydrogen-bond acceptors (Lipinski definition) is 6. The van der Waals surface area contributed by atoms with Crippen LogP contribution in [-0.4, -0.2) is 55.0 Å². The van der Waals surface area contributed by atoms with E-state index in [1.165, 1.54) is 16.7 Å². The van der Waals surface area contributed by atoms with E-state index in [1.807, 2.05) is 36.4 Å². The molecule has 1 fully saturated rings. The molecule has 0 amide bonds. The van der Waals surface area contributed by atoms with E-state index in [4.69, 9.17) is 29.5 Å². The van der Waals surface area contributed by atoms with Gasteiger partial charge in [0.1, 0.15) is 37.1 Å². The van der Waals surface area contributed by atoms with Gasteiger partial charge in [0.15, 0.2) is 0 Å². The van der Waals surface area contributed by atoms with Gasteiger partial charge < -0.3 is 29.5 Å². The zero-order valence-corrected chi connectivity index (χ0v) is 20.6. The predicted octanol–water partition coefficient (Wildman–Crippen LogP) is 4.44. The van der Waals surface area contributed by atoms with Crippen LogP contribution in [0.5, 0.6) is 17.2 Å². The second kappa shape index (κ2) is 12.8. The van der Waals surface area contributed by atoms with Gasteiger partial charge in [-0.3, -0.25) is 0 Å². The summed E-state index contributed by atoms with van der Waals surface area (Å²) in [5, 5.41) is 27.2. The lowest BCUT2D eigenvalue weighted by Gasteiger charge is -2.42. The van der Waals surface area contributed by atoms with Crippen LogP contribution in [0.4, 0.5) is 0 Å². The first-order valence-corrected chi connectivity index (χ1v) is 12.7. The van der Waals surface area contributed by atoms with Gasteiger partial charge >= 0.3 is 0 Å². The summed E-state index contributed by atoms with van der Waals surface area (Å²) < 4.78 is 16.8. The summed E-state index contributed by atoms with van der Waals surface area (Å²) in [6, 6.07) is 24.8. The average molecular weight is 493 g/mol. The Morgan fingerprint density at radius 1 is 0.611 bits per heavy atom. The maximum absolute atomic E-state index is 9.08. The molecule has 6 nitrogen and oxygen atoms in total. The van der Waals surface area contributed by atoms with E-state index in [9.17, 15) is 0 Å². The lowest BCUT2D eigenvalue weighted by molar-refractivity contribution is 0.201. The van der Waals surface area contributed by atoms with Crippen molar-refractivity contribution in [3.8, 4) is 17.2 Å². The van der Waals surface area contributed by atoms with Gasteiger partial charge in [-0.2, -0.15) is 0 Å². The van der Waals surface area contributed by atoms with Gasteiger partial charge in [0, 0.05) is 5.41 Å². The first-order valence-electron chi connectivity index (χ1n) is 12.7. The summed E-state index contributed by atoms with van der Waals surface area (Å²) in [6.45, 7) is 0.825. The molecule has 0 saturated heterocycles. The SMILES string of the molecule is OCCOc1ccc(C2CCCC(c3ccc(OCCO)cc3)(c3ccc(OCCO)cc3)C2)cc1. The Morgan fingerprint density at radius 2 is 1.03 bits per heavy atom. The number of aliphatic hydroxyl groups is 3. The Bertz CT molecular complexity index is 995. The summed E-state index contributed by atoms with van der Waals surface area (Å²) in [4.78, 5) is 0. The van der Waals surface area contributed by atoms with E-state index in [-0.39, 0.29) is 38.4 Å². The monoisotopic (exact) mass is 492 g/mol. The largest absolute Gasteiger partial charge is 0.491 e. The van der Waals surface area contributed by atoms with Gasteiger partial charge in [-0.1, -0.05) is 42.8 Å². The fourth-order valence-corrected chi connectivity index (χ4v) is 5.32. The molecular weight excluding hydrogens is 456 g/mol. The van der Waals surface area contributed by atoms with Crippen molar-refractivity contribution in [3.05, 3.63) is 89.5 Å². The predicted molar refractivity (Wildman–Crippen MR) is 139 cm³/mol. The maximum Gasteiger partial charge on any atom is 0.119 e. The van der Waals surface area contributed by atoms with Crippen molar-refractivity contribution >= 4 is 0 Å². The Morgan fingerprint density at radius 3 is 1.44 bits per heavy atom.